The Morgan fingerprint density at radius 3 is 2.57 bits per heavy atom. The molecule has 112 valence electrons. The van der Waals surface area contributed by atoms with Gasteiger partial charge in [0.1, 0.15) is 11.6 Å². The molecule has 0 radical (unpaired) electrons. The summed E-state index contributed by atoms with van der Waals surface area (Å²) in [5.74, 6) is -0.947. The van der Waals surface area contributed by atoms with Crippen LogP contribution < -0.4 is 10.1 Å². The highest BCUT2D eigenvalue weighted by molar-refractivity contribution is 6.30. The van der Waals surface area contributed by atoms with Gasteiger partial charge in [0.2, 0.25) is 0 Å². The van der Waals surface area contributed by atoms with Crippen LogP contribution in [0.2, 0.25) is 5.02 Å². The highest BCUT2D eigenvalue weighted by Crippen LogP contribution is 2.30. The molecule has 0 atom stereocenters. The first-order valence-electron chi connectivity index (χ1n) is 6.60. The number of ether oxygens (including phenoxy) is 1. The summed E-state index contributed by atoms with van der Waals surface area (Å²) < 4.78 is 32.4. The van der Waals surface area contributed by atoms with E-state index in [1.165, 1.54) is 0 Å². The molecule has 0 unspecified atom stereocenters. The van der Waals surface area contributed by atoms with Gasteiger partial charge in [-0.1, -0.05) is 31.5 Å². The van der Waals surface area contributed by atoms with Crippen molar-refractivity contribution in [1.82, 2.24) is 5.32 Å². The predicted octanol–water partition coefficient (Wildman–Crippen LogP) is 4.91. The van der Waals surface area contributed by atoms with Crippen LogP contribution in [-0.2, 0) is 6.54 Å². The molecule has 2 aromatic carbocycles. The van der Waals surface area contributed by atoms with E-state index in [1.54, 1.807) is 18.2 Å². The molecular weight excluding hydrogens is 296 g/mol. The molecule has 0 bridgehead atoms. The largest absolute Gasteiger partial charge is 0.454 e. The average Bonchev–Trinajstić information content (AvgIpc) is 2.42. The van der Waals surface area contributed by atoms with Crippen LogP contribution in [0.15, 0.2) is 36.4 Å². The monoisotopic (exact) mass is 311 g/mol. The topological polar surface area (TPSA) is 21.3 Å². The average molecular weight is 312 g/mol. The van der Waals surface area contributed by atoms with Gasteiger partial charge in [0.05, 0.1) is 0 Å². The van der Waals surface area contributed by atoms with Crippen LogP contribution in [0, 0.1) is 11.6 Å². The Labute approximate surface area is 127 Å². The highest BCUT2D eigenvalue weighted by atomic mass is 35.5. The summed E-state index contributed by atoms with van der Waals surface area (Å²) in [5, 5.41) is 3.71. The molecule has 0 fully saturated rings. The van der Waals surface area contributed by atoms with Gasteiger partial charge in [-0.2, -0.15) is 0 Å². The third-order valence-electron chi connectivity index (χ3n) is 2.84. The number of benzene rings is 2. The van der Waals surface area contributed by atoms with Crippen molar-refractivity contribution in [3.05, 3.63) is 58.6 Å². The lowest BCUT2D eigenvalue weighted by Gasteiger charge is -2.14. The Kier molecular flexibility index (Phi) is 5.15. The third kappa shape index (κ3) is 4.41. The number of nitrogens with one attached hydrogen (secondary N) is 1. The van der Waals surface area contributed by atoms with Gasteiger partial charge in [0.25, 0.3) is 0 Å². The van der Waals surface area contributed by atoms with E-state index in [9.17, 15) is 8.78 Å². The lowest BCUT2D eigenvalue weighted by atomic mass is 10.2. The van der Waals surface area contributed by atoms with Gasteiger partial charge in [-0.3, -0.25) is 0 Å². The van der Waals surface area contributed by atoms with Crippen molar-refractivity contribution in [1.29, 1.82) is 0 Å². The molecule has 0 spiro atoms. The number of rotatable bonds is 5. The second-order valence-corrected chi connectivity index (χ2v) is 5.40. The molecule has 0 aliphatic carbocycles. The van der Waals surface area contributed by atoms with Gasteiger partial charge in [0.15, 0.2) is 11.6 Å². The van der Waals surface area contributed by atoms with Gasteiger partial charge in [0, 0.05) is 29.2 Å². The summed E-state index contributed by atoms with van der Waals surface area (Å²) in [7, 11) is 0. The molecule has 0 saturated carbocycles. The minimum Gasteiger partial charge on any atom is -0.454 e. The molecule has 0 saturated heterocycles. The fraction of sp³-hybridized carbons (Fsp3) is 0.250. The van der Waals surface area contributed by atoms with E-state index < -0.39 is 11.6 Å². The van der Waals surface area contributed by atoms with Gasteiger partial charge in [-0.15, -0.1) is 0 Å². The summed E-state index contributed by atoms with van der Waals surface area (Å²) in [6.07, 6.45) is 0. The Morgan fingerprint density at radius 1 is 1.10 bits per heavy atom. The predicted molar refractivity (Wildman–Crippen MR) is 79.9 cm³/mol. The van der Waals surface area contributed by atoms with Gasteiger partial charge < -0.3 is 10.1 Å². The molecule has 0 aromatic heterocycles. The smallest absolute Gasteiger partial charge is 0.165 e. The van der Waals surface area contributed by atoms with Crippen molar-refractivity contribution in [2.24, 2.45) is 0 Å². The number of hydrogen-bond acceptors (Lipinski definition) is 2. The van der Waals surface area contributed by atoms with Gasteiger partial charge in [-0.05, 0) is 24.3 Å². The Balaban J connectivity index is 2.29. The van der Waals surface area contributed by atoms with Crippen molar-refractivity contribution in [2.75, 3.05) is 0 Å². The van der Waals surface area contributed by atoms with Crippen LogP contribution in [0.4, 0.5) is 8.78 Å². The fourth-order valence-electron chi connectivity index (χ4n) is 1.76. The lowest BCUT2D eigenvalue weighted by Crippen LogP contribution is -2.22. The summed E-state index contributed by atoms with van der Waals surface area (Å²) >= 11 is 5.95. The minimum absolute atomic E-state index is 0.164. The molecule has 0 aliphatic rings. The zero-order valence-corrected chi connectivity index (χ0v) is 12.5. The fourth-order valence-corrected chi connectivity index (χ4v) is 1.92. The van der Waals surface area contributed by atoms with E-state index in [0.717, 1.165) is 23.8 Å². The van der Waals surface area contributed by atoms with Crippen LogP contribution in [0.25, 0.3) is 0 Å². The normalized spacial score (nSPS) is 11.0. The van der Waals surface area contributed by atoms with Crippen molar-refractivity contribution >= 4 is 11.6 Å². The SMILES string of the molecule is CC(C)NCc1ccc(Cl)cc1Oc1cc(F)ccc1F. The Morgan fingerprint density at radius 2 is 1.86 bits per heavy atom. The highest BCUT2D eigenvalue weighted by Gasteiger charge is 2.11. The van der Waals surface area contributed by atoms with Gasteiger partial charge in [-0.25, -0.2) is 8.78 Å². The zero-order valence-electron chi connectivity index (χ0n) is 11.8. The summed E-state index contributed by atoms with van der Waals surface area (Å²) in [6, 6.07) is 8.49. The van der Waals surface area contributed by atoms with Gasteiger partial charge >= 0.3 is 0 Å². The number of hydrogen-bond donors (Lipinski definition) is 1. The van der Waals surface area contributed by atoms with Crippen LogP contribution in [0.5, 0.6) is 11.5 Å². The second kappa shape index (κ2) is 6.87. The second-order valence-electron chi connectivity index (χ2n) is 4.96. The zero-order chi connectivity index (χ0) is 15.4. The molecule has 2 aromatic rings. The maximum absolute atomic E-state index is 13.7. The molecule has 2 rings (SSSR count). The summed E-state index contributed by atoms with van der Waals surface area (Å²) in [6.45, 7) is 4.58. The molecule has 0 heterocycles. The molecule has 21 heavy (non-hydrogen) atoms. The van der Waals surface area contributed by atoms with Crippen molar-refractivity contribution in [3.63, 3.8) is 0 Å². The van der Waals surface area contributed by atoms with E-state index in [0.29, 0.717) is 23.4 Å². The maximum Gasteiger partial charge on any atom is 0.165 e. The first kappa shape index (κ1) is 15.7. The molecule has 0 amide bonds. The van der Waals surface area contributed by atoms with Crippen LogP contribution in [0.1, 0.15) is 19.4 Å². The Hall–Kier alpha value is -1.65. The van der Waals surface area contributed by atoms with Crippen LogP contribution in [-0.4, -0.2) is 6.04 Å². The van der Waals surface area contributed by atoms with Crippen molar-refractivity contribution in [2.45, 2.75) is 26.4 Å². The lowest BCUT2D eigenvalue weighted by molar-refractivity contribution is 0.429. The first-order valence-corrected chi connectivity index (χ1v) is 6.98. The Bertz CT molecular complexity index is 632. The molecule has 1 N–H and O–H groups in total. The summed E-state index contributed by atoms with van der Waals surface area (Å²) in [4.78, 5) is 0. The van der Waals surface area contributed by atoms with E-state index in [-0.39, 0.29) is 5.75 Å². The quantitative estimate of drug-likeness (QED) is 0.847. The first-order chi connectivity index (χ1) is 9.95. The minimum atomic E-state index is -0.626. The molecule has 0 aliphatic heterocycles. The number of halogens is 3. The standard InChI is InChI=1S/C16H16ClF2NO/c1-10(2)20-9-11-3-4-12(17)7-15(11)21-16-8-13(18)5-6-14(16)19/h3-8,10,20H,9H2,1-2H3. The molecular formula is C16H16ClF2NO. The van der Waals surface area contributed by atoms with Crippen LogP contribution >= 0.6 is 11.6 Å². The summed E-state index contributed by atoms with van der Waals surface area (Å²) in [5.41, 5.74) is 0.816. The molecule has 5 heteroatoms. The van der Waals surface area contributed by atoms with Crippen molar-refractivity contribution in [3.8, 4) is 11.5 Å². The molecule has 2 nitrogen and oxygen atoms in total. The van der Waals surface area contributed by atoms with E-state index in [2.05, 4.69) is 5.32 Å². The van der Waals surface area contributed by atoms with E-state index in [4.69, 9.17) is 16.3 Å². The van der Waals surface area contributed by atoms with E-state index in [1.807, 2.05) is 13.8 Å². The van der Waals surface area contributed by atoms with Crippen LogP contribution in [0.3, 0.4) is 0 Å². The van der Waals surface area contributed by atoms with Crippen molar-refractivity contribution < 1.29 is 13.5 Å². The maximum atomic E-state index is 13.7. The van der Waals surface area contributed by atoms with E-state index >= 15 is 0 Å². The third-order valence-corrected chi connectivity index (χ3v) is 3.08.